The standard InChI is InChI=1S/C17H18ClN3/c1-11(2)13-4-6-14(7-5-13)21-16(9-18)20-15-8-12(3)10-19-17(15)21/h4-8,10-11H,9H2,1-3H3. The summed E-state index contributed by atoms with van der Waals surface area (Å²) in [4.78, 5) is 9.12. The van der Waals surface area contributed by atoms with Crippen molar-refractivity contribution in [2.45, 2.75) is 32.6 Å². The molecule has 3 rings (SSSR count). The van der Waals surface area contributed by atoms with Crippen molar-refractivity contribution >= 4 is 22.8 Å². The van der Waals surface area contributed by atoms with Crippen molar-refractivity contribution in [1.29, 1.82) is 0 Å². The lowest BCUT2D eigenvalue weighted by Crippen LogP contribution is -2.00. The molecule has 0 atom stereocenters. The Morgan fingerprint density at radius 1 is 1.19 bits per heavy atom. The SMILES string of the molecule is Cc1cnc2c(c1)nc(CCl)n2-c1ccc(C(C)C)cc1. The summed E-state index contributed by atoms with van der Waals surface area (Å²) < 4.78 is 2.03. The molecule has 0 aliphatic heterocycles. The van der Waals surface area contributed by atoms with E-state index in [-0.39, 0.29) is 0 Å². The molecule has 4 heteroatoms. The fraction of sp³-hybridized carbons (Fsp3) is 0.294. The van der Waals surface area contributed by atoms with E-state index in [4.69, 9.17) is 11.6 Å². The van der Waals surface area contributed by atoms with Gasteiger partial charge >= 0.3 is 0 Å². The number of pyridine rings is 1. The number of fused-ring (bicyclic) bond motifs is 1. The fourth-order valence-corrected chi connectivity index (χ4v) is 2.66. The normalized spacial score (nSPS) is 11.5. The van der Waals surface area contributed by atoms with Crippen molar-refractivity contribution in [1.82, 2.24) is 14.5 Å². The van der Waals surface area contributed by atoms with Crippen LogP contribution in [0.1, 0.15) is 36.7 Å². The lowest BCUT2D eigenvalue weighted by Gasteiger charge is -2.10. The highest BCUT2D eigenvalue weighted by molar-refractivity contribution is 6.16. The number of alkyl halides is 1. The molecule has 0 N–H and O–H groups in total. The Kier molecular flexibility index (Phi) is 3.68. The van der Waals surface area contributed by atoms with Crippen LogP contribution in [0.5, 0.6) is 0 Å². The number of rotatable bonds is 3. The van der Waals surface area contributed by atoms with Crippen molar-refractivity contribution < 1.29 is 0 Å². The van der Waals surface area contributed by atoms with Crippen LogP contribution in [0.3, 0.4) is 0 Å². The average Bonchev–Trinajstić information content (AvgIpc) is 2.84. The van der Waals surface area contributed by atoms with Gasteiger partial charge in [-0.15, -0.1) is 11.6 Å². The minimum Gasteiger partial charge on any atom is -0.280 e. The molecule has 21 heavy (non-hydrogen) atoms. The third kappa shape index (κ3) is 2.54. The molecule has 0 radical (unpaired) electrons. The number of aromatic nitrogens is 3. The van der Waals surface area contributed by atoms with Gasteiger partial charge in [0.1, 0.15) is 11.3 Å². The molecule has 0 aliphatic carbocycles. The molecular weight excluding hydrogens is 282 g/mol. The van der Waals surface area contributed by atoms with E-state index in [1.165, 1.54) is 5.56 Å². The van der Waals surface area contributed by atoms with Gasteiger partial charge in [0, 0.05) is 11.9 Å². The number of hydrogen-bond acceptors (Lipinski definition) is 2. The fourth-order valence-electron chi connectivity index (χ4n) is 2.48. The number of imidazole rings is 1. The van der Waals surface area contributed by atoms with Crippen LogP contribution in [0.4, 0.5) is 0 Å². The first-order valence-electron chi connectivity index (χ1n) is 7.10. The Bertz CT molecular complexity index is 773. The Balaban J connectivity index is 2.18. The zero-order chi connectivity index (χ0) is 15.0. The van der Waals surface area contributed by atoms with Crippen LogP contribution in [0.2, 0.25) is 0 Å². The number of nitrogens with zero attached hydrogens (tertiary/aromatic N) is 3. The van der Waals surface area contributed by atoms with Gasteiger partial charge in [0.2, 0.25) is 0 Å². The molecular formula is C17H18ClN3. The smallest absolute Gasteiger partial charge is 0.164 e. The van der Waals surface area contributed by atoms with Crippen molar-refractivity contribution in [3.8, 4) is 5.69 Å². The van der Waals surface area contributed by atoms with Gasteiger partial charge in [-0.1, -0.05) is 26.0 Å². The molecule has 3 nitrogen and oxygen atoms in total. The second-order valence-corrected chi connectivity index (χ2v) is 5.87. The topological polar surface area (TPSA) is 30.7 Å². The molecule has 0 bridgehead atoms. The molecule has 0 saturated heterocycles. The van der Waals surface area contributed by atoms with E-state index < -0.39 is 0 Å². The Morgan fingerprint density at radius 2 is 1.90 bits per heavy atom. The number of hydrogen-bond donors (Lipinski definition) is 0. The van der Waals surface area contributed by atoms with Crippen molar-refractivity contribution in [2.24, 2.45) is 0 Å². The van der Waals surface area contributed by atoms with E-state index in [0.717, 1.165) is 28.2 Å². The van der Waals surface area contributed by atoms with Gasteiger partial charge in [-0.25, -0.2) is 9.97 Å². The Hall–Kier alpha value is -1.87. The lowest BCUT2D eigenvalue weighted by molar-refractivity contribution is 0.864. The van der Waals surface area contributed by atoms with Crippen LogP contribution in [0.15, 0.2) is 36.5 Å². The highest BCUT2D eigenvalue weighted by Gasteiger charge is 2.13. The highest BCUT2D eigenvalue weighted by atomic mass is 35.5. The maximum atomic E-state index is 6.06. The van der Waals surface area contributed by atoms with Crippen molar-refractivity contribution in [2.75, 3.05) is 0 Å². The maximum Gasteiger partial charge on any atom is 0.164 e. The summed E-state index contributed by atoms with van der Waals surface area (Å²) in [6.45, 7) is 6.40. The summed E-state index contributed by atoms with van der Waals surface area (Å²) in [5.74, 6) is 1.70. The van der Waals surface area contributed by atoms with Gasteiger partial charge in [0.05, 0.1) is 5.88 Å². The first kappa shape index (κ1) is 14.1. The average molecular weight is 300 g/mol. The van der Waals surface area contributed by atoms with E-state index in [9.17, 15) is 0 Å². The minimum atomic E-state index is 0.362. The molecule has 0 amide bonds. The molecule has 0 fully saturated rings. The zero-order valence-electron chi connectivity index (χ0n) is 12.5. The van der Waals surface area contributed by atoms with Crippen LogP contribution < -0.4 is 0 Å². The third-order valence-electron chi connectivity index (χ3n) is 3.64. The van der Waals surface area contributed by atoms with Crippen LogP contribution >= 0.6 is 11.6 Å². The van der Waals surface area contributed by atoms with E-state index in [0.29, 0.717) is 11.8 Å². The lowest BCUT2D eigenvalue weighted by atomic mass is 10.0. The summed E-state index contributed by atoms with van der Waals surface area (Å²) in [7, 11) is 0. The number of halogens is 1. The van der Waals surface area contributed by atoms with Crippen LogP contribution in [-0.4, -0.2) is 14.5 Å². The monoisotopic (exact) mass is 299 g/mol. The van der Waals surface area contributed by atoms with E-state index in [2.05, 4.69) is 48.1 Å². The van der Waals surface area contributed by atoms with E-state index >= 15 is 0 Å². The molecule has 2 heterocycles. The Labute approximate surface area is 129 Å². The van der Waals surface area contributed by atoms with E-state index in [1.54, 1.807) is 0 Å². The second kappa shape index (κ2) is 5.49. The summed E-state index contributed by atoms with van der Waals surface area (Å²) in [5.41, 5.74) is 5.21. The second-order valence-electron chi connectivity index (χ2n) is 5.60. The van der Waals surface area contributed by atoms with Gasteiger partial charge in [-0.3, -0.25) is 4.57 Å². The predicted molar refractivity (Wildman–Crippen MR) is 87.2 cm³/mol. The first-order chi connectivity index (χ1) is 10.1. The summed E-state index contributed by atoms with van der Waals surface area (Å²) >= 11 is 6.06. The molecule has 0 spiro atoms. The van der Waals surface area contributed by atoms with E-state index in [1.807, 2.05) is 23.8 Å². The van der Waals surface area contributed by atoms with Crippen LogP contribution in [0.25, 0.3) is 16.9 Å². The van der Waals surface area contributed by atoms with Crippen LogP contribution in [-0.2, 0) is 5.88 Å². The highest BCUT2D eigenvalue weighted by Crippen LogP contribution is 2.23. The molecule has 0 saturated carbocycles. The molecule has 1 aromatic carbocycles. The molecule has 0 unspecified atom stereocenters. The van der Waals surface area contributed by atoms with Crippen molar-refractivity contribution in [3.05, 3.63) is 53.5 Å². The number of benzene rings is 1. The summed E-state index contributed by atoms with van der Waals surface area (Å²) in [6, 6.07) is 10.6. The summed E-state index contributed by atoms with van der Waals surface area (Å²) in [5, 5.41) is 0. The van der Waals surface area contributed by atoms with Gasteiger partial charge in [0.25, 0.3) is 0 Å². The first-order valence-corrected chi connectivity index (χ1v) is 7.64. The molecule has 108 valence electrons. The van der Waals surface area contributed by atoms with Gasteiger partial charge in [-0.05, 0) is 42.2 Å². The minimum absolute atomic E-state index is 0.362. The van der Waals surface area contributed by atoms with Crippen molar-refractivity contribution in [3.63, 3.8) is 0 Å². The largest absolute Gasteiger partial charge is 0.280 e. The van der Waals surface area contributed by atoms with Crippen LogP contribution in [0, 0.1) is 6.92 Å². The molecule has 2 aromatic heterocycles. The zero-order valence-corrected chi connectivity index (χ0v) is 13.2. The maximum absolute atomic E-state index is 6.06. The summed E-state index contributed by atoms with van der Waals surface area (Å²) in [6.07, 6.45) is 1.86. The van der Waals surface area contributed by atoms with Gasteiger partial charge in [-0.2, -0.15) is 0 Å². The Morgan fingerprint density at radius 3 is 2.52 bits per heavy atom. The van der Waals surface area contributed by atoms with Gasteiger partial charge in [0.15, 0.2) is 5.65 Å². The molecule has 3 aromatic rings. The third-order valence-corrected chi connectivity index (χ3v) is 3.88. The quantitative estimate of drug-likeness (QED) is 0.662. The van der Waals surface area contributed by atoms with Gasteiger partial charge < -0.3 is 0 Å². The predicted octanol–water partition coefficient (Wildman–Crippen LogP) is 4.59. The number of aryl methyl sites for hydroxylation is 1. The molecule has 0 aliphatic rings.